The molecular weight excluding hydrogens is 398 g/mol. The van der Waals surface area contributed by atoms with Crippen molar-refractivity contribution in [2.24, 2.45) is 5.92 Å². The highest BCUT2D eigenvalue weighted by molar-refractivity contribution is 6.02. The van der Waals surface area contributed by atoms with Crippen molar-refractivity contribution in [3.8, 4) is 17.3 Å². The number of aromatic nitrogens is 3. The standard InChI is InChI=1S/C26H27N5O/c1-19-8-5-6-12-24(19)29-26(32)22(15-27)14-23-18-31(17-20-9-3-2-4-10-20)30-25(23)21-11-7-13-28-16-21/h2-4,7,9-11,13-14,16,18-19,24H,5-6,8,12,17H2,1H3,(H,29,32)/b22-14+/t19-,24+/m1/s1. The van der Waals surface area contributed by atoms with Crippen molar-refractivity contribution in [1.82, 2.24) is 20.1 Å². The lowest BCUT2D eigenvalue weighted by Crippen LogP contribution is -2.41. The average molecular weight is 426 g/mol. The van der Waals surface area contributed by atoms with Gasteiger partial charge in [0, 0.05) is 35.8 Å². The molecular formula is C26H27N5O. The third kappa shape index (κ3) is 5.12. The maximum absolute atomic E-state index is 12.9. The number of rotatable bonds is 6. The Kier molecular flexibility index (Phi) is 6.76. The number of hydrogen-bond acceptors (Lipinski definition) is 4. The van der Waals surface area contributed by atoms with Crippen molar-refractivity contribution in [2.75, 3.05) is 0 Å². The lowest BCUT2D eigenvalue weighted by Gasteiger charge is -2.29. The summed E-state index contributed by atoms with van der Waals surface area (Å²) in [7, 11) is 0. The number of pyridine rings is 1. The highest BCUT2D eigenvalue weighted by Gasteiger charge is 2.24. The molecule has 4 rings (SSSR count). The zero-order valence-corrected chi connectivity index (χ0v) is 18.2. The average Bonchev–Trinajstić information content (AvgIpc) is 3.22. The molecule has 2 atom stereocenters. The minimum absolute atomic E-state index is 0.0900. The third-order valence-corrected chi connectivity index (χ3v) is 6.01. The van der Waals surface area contributed by atoms with Gasteiger partial charge in [-0.3, -0.25) is 14.5 Å². The van der Waals surface area contributed by atoms with E-state index in [2.05, 4.69) is 23.3 Å². The Morgan fingerprint density at radius 3 is 2.75 bits per heavy atom. The molecule has 2 aromatic heterocycles. The van der Waals surface area contributed by atoms with Crippen molar-refractivity contribution >= 4 is 12.0 Å². The lowest BCUT2D eigenvalue weighted by molar-refractivity contribution is -0.118. The summed E-state index contributed by atoms with van der Waals surface area (Å²) in [6.07, 6.45) is 11.3. The van der Waals surface area contributed by atoms with Crippen LogP contribution in [0.15, 0.2) is 66.6 Å². The van der Waals surface area contributed by atoms with Gasteiger partial charge in [-0.05, 0) is 42.5 Å². The van der Waals surface area contributed by atoms with Gasteiger partial charge in [0.15, 0.2) is 0 Å². The van der Waals surface area contributed by atoms with Crippen molar-refractivity contribution < 1.29 is 4.79 Å². The Morgan fingerprint density at radius 2 is 2.03 bits per heavy atom. The van der Waals surface area contributed by atoms with E-state index in [0.29, 0.717) is 18.2 Å². The molecule has 1 aliphatic rings. The second-order valence-corrected chi connectivity index (χ2v) is 8.37. The summed E-state index contributed by atoms with van der Waals surface area (Å²) in [5.74, 6) is 0.103. The zero-order chi connectivity index (χ0) is 22.3. The number of nitrogens with one attached hydrogen (secondary N) is 1. The van der Waals surface area contributed by atoms with Gasteiger partial charge in [-0.25, -0.2) is 0 Å². The fourth-order valence-electron chi connectivity index (χ4n) is 4.20. The normalized spacial score (nSPS) is 18.7. The van der Waals surface area contributed by atoms with E-state index in [1.54, 1.807) is 18.5 Å². The van der Waals surface area contributed by atoms with E-state index in [0.717, 1.165) is 36.0 Å². The largest absolute Gasteiger partial charge is 0.348 e. The molecule has 0 unspecified atom stereocenters. The second-order valence-electron chi connectivity index (χ2n) is 8.37. The maximum atomic E-state index is 12.9. The Labute approximate surface area is 188 Å². The first-order valence-corrected chi connectivity index (χ1v) is 11.1. The fourth-order valence-corrected chi connectivity index (χ4v) is 4.20. The molecule has 6 nitrogen and oxygen atoms in total. The Hall–Kier alpha value is -3.72. The maximum Gasteiger partial charge on any atom is 0.262 e. The molecule has 162 valence electrons. The SMILES string of the molecule is C[C@@H]1CCCC[C@@H]1NC(=O)/C(C#N)=C/c1cn(Cc2ccccc2)nc1-c1cccnc1. The Bertz CT molecular complexity index is 1130. The van der Waals surface area contributed by atoms with Gasteiger partial charge in [-0.1, -0.05) is 50.1 Å². The highest BCUT2D eigenvalue weighted by atomic mass is 16.1. The summed E-state index contributed by atoms with van der Waals surface area (Å²) in [5, 5.41) is 17.6. The van der Waals surface area contributed by atoms with Crippen LogP contribution in [-0.2, 0) is 11.3 Å². The van der Waals surface area contributed by atoms with Crippen molar-refractivity contribution in [1.29, 1.82) is 5.26 Å². The highest BCUT2D eigenvalue weighted by Crippen LogP contribution is 2.26. The molecule has 1 saturated carbocycles. The van der Waals surface area contributed by atoms with E-state index in [4.69, 9.17) is 5.10 Å². The minimum Gasteiger partial charge on any atom is -0.348 e. The van der Waals surface area contributed by atoms with Crippen LogP contribution < -0.4 is 5.32 Å². The smallest absolute Gasteiger partial charge is 0.262 e. The van der Waals surface area contributed by atoms with E-state index in [1.807, 2.05) is 53.3 Å². The number of nitrogens with zero attached hydrogens (tertiary/aromatic N) is 4. The summed E-state index contributed by atoms with van der Waals surface area (Å²) >= 11 is 0. The van der Waals surface area contributed by atoms with Gasteiger partial charge in [-0.2, -0.15) is 10.4 Å². The fraction of sp³-hybridized carbons (Fsp3) is 0.308. The topological polar surface area (TPSA) is 83.6 Å². The summed E-state index contributed by atoms with van der Waals surface area (Å²) < 4.78 is 1.83. The van der Waals surface area contributed by atoms with Crippen LogP contribution in [0.25, 0.3) is 17.3 Å². The van der Waals surface area contributed by atoms with Gasteiger partial charge in [0.25, 0.3) is 5.91 Å². The van der Waals surface area contributed by atoms with Crippen LogP contribution in [0.3, 0.4) is 0 Å². The first kappa shape index (κ1) is 21.5. The van der Waals surface area contributed by atoms with Crippen LogP contribution in [-0.4, -0.2) is 26.7 Å². The molecule has 1 amide bonds. The number of nitriles is 1. The third-order valence-electron chi connectivity index (χ3n) is 6.01. The van der Waals surface area contributed by atoms with Gasteiger partial charge in [0.05, 0.1) is 6.54 Å². The number of carbonyl (C=O) groups excluding carboxylic acids is 1. The lowest BCUT2D eigenvalue weighted by atomic mass is 9.86. The first-order chi connectivity index (χ1) is 15.6. The van der Waals surface area contributed by atoms with Crippen LogP contribution in [0.4, 0.5) is 0 Å². The quantitative estimate of drug-likeness (QED) is 0.462. The molecule has 3 aromatic rings. The molecule has 0 bridgehead atoms. The van der Waals surface area contributed by atoms with E-state index in [1.165, 1.54) is 6.42 Å². The van der Waals surface area contributed by atoms with Gasteiger partial charge in [0.2, 0.25) is 0 Å². The molecule has 1 N–H and O–H groups in total. The van der Waals surface area contributed by atoms with Gasteiger partial charge in [0.1, 0.15) is 17.3 Å². The van der Waals surface area contributed by atoms with Gasteiger partial charge in [-0.15, -0.1) is 0 Å². The van der Waals surface area contributed by atoms with Gasteiger partial charge < -0.3 is 5.32 Å². The first-order valence-electron chi connectivity index (χ1n) is 11.1. The van der Waals surface area contributed by atoms with E-state index in [9.17, 15) is 10.1 Å². The molecule has 0 radical (unpaired) electrons. The Balaban J connectivity index is 1.64. The molecule has 0 aliphatic heterocycles. The van der Waals surface area contributed by atoms with Crippen LogP contribution in [0.1, 0.15) is 43.7 Å². The van der Waals surface area contributed by atoms with Crippen LogP contribution in [0.2, 0.25) is 0 Å². The summed E-state index contributed by atoms with van der Waals surface area (Å²) in [4.78, 5) is 17.1. The molecule has 2 heterocycles. The number of hydrogen-bond donors (Lipinski definition) is 1. The van der Waals surface area contributed by atoms with Crippen LogP contribution >= 0.6 is 0 Å². The van der Waals surface area contributed by atoms with Crippen LogP contribution in [0, 0.1) is 17.2 Å². The number of benzene rings is 1. The minimum atomic E-state index is -0.320. The summed E-state index contributed by atoms with van der Waals surface area (Å²) in [6.45, 7) is 2.75. The molecule has 32 heavy (non-hydrogen) atoms. The predicted molar refractivity (Wildman–Crippen MR) is 124 cm³/mol. The van der Waals surface area contributed by atoms with Crippen molar-refractivity contribution in [3.05, 3.63) is 77.8 Å². The van der Waals surface area contributed by atoms with E-state index >= 15 is 0 Å². The van der Waals surface area contributed by atoms with Gasteiger partial charge >= 0.3 is 0 Å². The van der Waals surface area contributed by atoms with Crippen molar-refractivity contribution in [3.63, 3.8) is 0 Å². The van der Waals surface area contributed by atoms with Crippen LogP contribution in [0.5, 0.6) is 0 Å². The number of amides is 1. The Morgan fingerprint density at radius 1 is 1.22 bits per heavy atom. The summed E-state index contributed by atoms with van der Waals surface area (Å²) in [6, 6.07) is 16.0. The molecule has 0 saturated heterocycles. The predicted octanol–water partition coefficient (Wildman–Crippen LogP) is 4.60. The van der Waals surface area contributed by atoms with Crippen molar-refractivity contribution in [2.45, 2.75) is 45.2 Å². The van der Waals surface area contributed by atoms with E-state index < -0.39 is 0 Å². The molecule has 1 aromatic carbocycles. The molecule has 1 fully saturated rings. The van der Waals surface area contributed by atoms with E-state index in [-0.39, 0.29) is 17.5 Å². The zero-order valence-electron chi connectivity index (χ0n) is 18.2. The summed E-state index contributed by atoms with van der Waals surface area (Å²) in [5.41, 5.74) is 3.46. The monoisotopic (exact) mass is 425 g/mol. The molecule has 1 aliphatic carbocycles. The second kappa shape index (κ2) is 10.1. The molecule has 0 spiro atoms. The molecule has 6 heteroatoms. The number of carbonyl (C=O) groups is 1.